The lowest BCUT2D eigenvalue weighted by Crippen LogP contribution is -2.34. The number of H-pyrrole nitrogens is 1. The van der Waals surface area contributed by atoms with Gasteiger partial charge in [-0.1, -0.05) is 11.6 Å². The Kier molecular flexibility index (Phi) is 3.16. The number of hydrogen-bond donors (Lipinski definition) is 3. The highest BCUT2D eigenvalue weighted by atomic mass is 16.4. The maximum absolute atomic E-state index is 11.8. The van der Waals surface area contributed by atoms with Crippen LogP contribution in [0.5, 0.6) is 0 Å². The van der Waals surface area contributed by atoms with Gasteiger partial charge in [-0.15, -0.1) is 0 Å². The molecule has 5 nitrogen and oxygen atoms in total. The van der Waals surface area contributed by atoms with Crippen LogP contribution in [0.3, 0.4) is 0 Å². The SMILES string of the molecule is Cc1ccc2[nH]c(=O)c(C[C@H](N)C(=O)O)cc2c1. The van der Waals surface area contributed by atoms with E-state index in [1.807, 2.05) is 25.1 Å². The summed E-state index contributed by atoms with van der Waals surface area (Å²) in [5.41, 5.74) is 7.35. The third-order valence-corrected chi connectivity index (χ3v) is 2.83. The van der Waals surface area contributed by atoms with E-state index in [1.165, 1.54) is 0 Å². The highest BCUT2D eigenvalue weighted by Gasteiger charge is 2.14. The standard InChI is InChI=1S/C13H14N2O3/c1-7-2-3-11-8(4-7)5-9(12(16)15-11)6-10(14)13(17)18/h2-5,10H,6,14H2,1H3,(H,15,16)(H,17,18)/t10-/m0/s1. The number of nitrogens with one attached hydrogen (secondary N) is 1. The van der Waals surface area contributed by atoms with Crippen LogP contribution in [-0.2, 0) is 11.2 Å². The third-order valence-electron chi connectivity index (χ3n) is 2.83. The summed E-state index contributed by atoms with van der Waals surface area (Å²) in [5.74, 6) is -1.11. The second-order valence-corrected chi connectivity index (χ2v) is 4.36. The minimum Gasteiger partial charge on any atom is -0.480 e. The van der Waals surface area contributed by atoms with Gasteiger partial charge in [-0.3, -0.25) is 9.59 Å². The number of aromatic amines is 1. The minimum atomic E-state index is -1.11. The van der Waals surface area contributed by atoms with Crippen molar-refractivity contribution in [3.05, 3.63) is 45.7 Å². The van der Waals surface area contributed by atoms with E-state index in [0.29, 0.717) is 5.56 Å². The smallest absolute Gasteiger partial charge is 0.320 e. The fraction of sp³-hybridized carbons (Fsp3) is 0.231. The molecule has 94 valence electrons. The molecule has 5 heteroatoms. The summed E-state index contributed by atoms with van der Waals surface area (Å²) in [4.78, 5) is 25.2. The third kappa shape index (κ3) is 2.41. The molecule has 1 heterocycles. The van der Waals surface area contributed by atoms with Crippen molar-refractivity contribution < 1.29 is 9.90 Å². The van der Waals surface area contributed by atoms with E-state index < -0.39 is 12.0 Å². The number of hydrogen-bond acceptors (Lipinski definition) is 3. The molecule has 0 amide bonds. The van der Waals surface area contributed by atoms with Gasteiger partial charge in [0.05, 0.1) is 0 Å². The van der Waals surface area contributed by atoms with E-state index in [2.05, 4.69) is 4.98 Å². The number of pyridine rings is 1. The van der Waals surface area contributed by atoms with Crippen molar-refractivity contribution in [2.24, 2.45) is 5.73 Å². The summed E-state index contributed by atoms with van der Waals surface area (Å²) in [5, 5.41) is 9.63. The highest BCUT2D eigenvalue weighted by molar-refractivity contribution is 5.80. The molecule has 0 aliphatic heterocycles. The van der Waals surface area contributed by atoms with Crippen LogP contribution in [0.4, 0.5) is 0 Å². The summed E-state index contributed by atoms with van der Waals surface area (Å²) < 4.78 is 0. The molecule has 18 heavy (non-hydrogen) atoms. The zero-order valence-electron chi connectivity index (χ0n) is 9.93. The van der Waals surface area contributed by atoms with Gasteiger partial charge in [-0.2, -0.15) is 0 Å². The van der Waals surface area contributed by atoms with Crippen LogP contribution in [0.15, 0.2) is 29.1 Å². The van der Waals surface area contributed by atoms with Gasteiger partial charge in [0.15, 0.2) is 0 Å². The van der Waals surface area contributed by atoms with Gasteiger partial charge in [0.2, 0.25) is 0 Å². The van der Waals surface area contributed by atoms with Gasteiger partial charge < -0.3 is 15.8 Å². The van der Waals surface area contributed by atoms with Gasteiger partial charge in [0, 0.05) is 17.5 Å². The van der Waals surface area contributed by atoms with Crippen molar-refractivity contribution in [1.82, 2.24) is 4.98 Å². The molecule has 0 bridgehead atoms. The Morgan fingerprint density at radius 2 is 2.17 bits per heavy atom. The monoisotopic (exact) mass is 246 g/mol. The van der Waals surface area contributed by atoms with Crippen LogP contribution in [0.25, 0.3) is 10.9 Å². The lowest BCUT2D eigenvalue weighted by molar-refractivity contribution is -0.138. The molecule has 4 N–H and O–H groups in total. The molecule has 0 unspecified atom stereocenters. The number of benzene rings is 1. The summed E-state index contributed by atoms with van der Waals surface area (Å²) in [7, 11) is 0. The molecule has 2 aromatic rings. The van der Waals surface area contributed by atoms with Crippen molar-refractivity contribution >= 4 is 16.9 Å². The van der Waals surface area contributed by atoms with Crippen LogP contribution in [0, 0.1) is 6.92 Å². The quantitative estimate of drug-likeness (QED) is 0.746. The lowest BCUT2D eigenvalue weighted by Gasteiger charge is -2.07. The van der Waals surface area contributed by atoms with Gasteiger partial charge in [-0.05, 0) is 30.5 Å². The first-order valence-corrected chi connectivity index (χ1v) is 5.58. The number of aromatic nitrogens is 1. The first kappa shape index (κ1) is 12.3. The van der Waals surface area contributed by atoms with Crippen molar-refractivity contribution in [1.29, 1.82) is 0 Å². The maximum atomic E-state index is 11.8. The van der Waals surface area contributed by atoms with E-state index in [4.69, 9.17) is 10.8 Å². The Bertz CT molecular complexity index is 661. The predicted molar refractivity (Wildman–Crippen MR) is 68.6 cm³/mol. The predicted octanol–water partition coefficient (Wildman–Crippen LogP) is 0.791. The molecule has 0 aliphatic rings. The number of aryl methyl sites for hydroxylation is 1. The second-order valence-electron chi connectivity index (χ2n) is 4.36. The first-order valence-electron chi connectivity index (χ1n) is 5.58. The molecule has 0 aliphatic carbocycles. The summed E-state index contributed by atoms with van der Waals surface area (Å²) in [6.45, 7) is 1.95. The van der Waals surface area contributed by atoms with Crippen LogP contribution in [0.2, 0.25) is 0 Å². The van der Waals surface area contributed by atoms with E-state index in [9.17, 15) is 9.59 Å². The Labute approximate surface area is 103 Å². The topological polar surface area (TPSA) is 96.2 Å². The lowest BCUT2D eigenvalue weighted by atomic mass is 10.0. The van der Waals surface area contributed by atoms with Crippen LogP contribution in [0.1, 0.15) is 11.1 Å². The van der Waals surface area contributed by atoms with Crippen molar-refractivity contribution in [3.8, 4) is 0 Å². The molecule has 0 fully saturated rings. The number of carbonyl (C=O) groups is 1. The molecular formula is C13H14N2O3. The molecule has 1 atom stereocenters. The van der Waals surface area contributed by atoms with Crippen LogP contribution in [-0.4, -0.2) is 22.1 Å². The zero-order valence-corrected chi connectivity index (χ0v) is 9.93. The Morgan fingerprint density at radius 3 is 2.83 bits per heavy atom. The molecule has 0 radical (unpaired) electrons. The minimum absolute atomic E-state index is 0.0224. The Morgan fingerprint density at radius 1 is 1.44 bits per heavy atom. The van der Waals surface area contributed by atoms with E-state index in [1.54, 1.807) is 6.07 Å². The fourth-order valence-electron chi connectivity index (χ4n) is 1.85. The van der Waals surface area contributed by atoms with E-state index in [-0.39, 0.29) is 12.0 Å². The van der Waals surface area contributed by atoms with E-state index in [0.717, 1.165) is 16.5 Å². The molecular weight excluding hydrogens is 232 g/mol. The number of carboxylic acid groups (broad SMARTS) is 1. The number of rotatable bonds is 3. The summed E-state index contributed by atoms with van der Waals surface area (Å²) in [6.07, 6.45) is 0.0224. The van der Waals surface area contributed by atoms with Gasteiger partial charge in [-0.25, -0.2) is 0 Å². The number of aliphatic carboxylic acids is 1. The average Bonchev–Trinajstić information content (AvgIpc) is 2.30. The van der Waals surface area contributed by atoms with Gasteiger partial charge in [0.25, 0.3) is 5.56 Å². The Hall–Kier alpha value is -2.14. The second kappa shape index (κ2) is 4.62. The number of nitrogens with two attached hydrogens (primary N) is 1. The molecule has 0 saturated carbocycles. The molecule has 1 aromatic carbocycles. The van der Waals surface area contributed by atoms with Gasteiger partial charge >= 0.3 is 5.97 Å². The fourth-order valence-corrected chi connectivity index (χ4v) is 1.85. The van der Waals surface area contributed by atoms with Crippen LogP contribution >= 0.6 is 0 Å². The van der Waals surface area contributed by atoms with Gasteiger partial charge in [0.1, 0.15) is 6.04 Å². The average molecular weight is 246 g/mol. The van der Waals surface area contributed by atoms with Crippen molar-refractivity contribution in [3.63, 3.8) is 0 Å². The molecule has 0 saturated heterocycles. The summed E-state index contributed by atoms with van der Waals surface area (Å²) in [6, 6.07) is 6.30. The Balaban J connectivity index is 2.48. The number of fused-ring (bicyclic) bond motifs is 1. The zero-order chi connectivity index (χ0) is 13.3. The van der Waals surface area contributed by atoms with Crippen molar-refractivity contribution in [2.75, 3.05) is 0 Å². The highest BCUT2D eigenvalue weighted by Crippen LogP contribution is 2.13. The number of carboxylic acids is 1. The first-order chi connectivity index (χ1) is 8.47. The molecule has 2 rings (SSSR count). The van der Waals surface area contributed by atoms with E-state index >= 15 is 0 Å². The maximum Gasteiger partial charge on any atom is 0.320 e. The largest absolute Gasteiger partial charge is 0.480 e. The van der Waals surface area contributed by atoms with Crippen LogP contribution < -0.4 is 11.3 Å². The normalized spacial score (nSPS) is 12.6. The molecule has 0 spiro atoms. The summed E-state index contributed by atoms with van der Waals surface area (Å²) >= 11 is 0. The molecule has 1 aromatic heterocycles. The van der Waals surface area contributed by atoms with Crippen molar-refractivity contribution in [2.45, 2.75) is 19.4 Å².